The van der Waals surface area contributed by atoms with Gasteiger partial charge in [-0.3, -0.25) is 4.79 Å². The number of rotatable bonds is 2. The number of hydrogen-bond acceptors (Lipinski definition) is 3. The van der Waals surface area contributed by atoms with E-state index < -0.39 is 30.3 Å². The van der Waals surface area contributed by atoms with Gasteiger partial charge in [-0.05, 0) is 25.7 Å². The predicted molar refractivity (Wildman–Crippen MR) is 69.6 cm³/mol. The highest BCUT2D eigenvalue weighted by atomic mass is 35.5. The number of halogens is 4. The van der Waals surface area contributed by atoms with Crippen molar-refractivity contribution in [2.75, 3.05) is 6.54 Å². The molecule has 2 aliphatic rings. The molecule has 0 aromatic rings. The Morgan fingerprint density at radius 1 is 1.25 bits per heavy atom. The lowest BCUT2D eigenvalue weighted by Gasteiger charge is -2.31. The normalized spacial score (nSPS) is 34.4. The van der Waals surface area contributed by atoms with E-state index in [-0.39, 0.29) is 31.2 Å². The van der Waals surface area contributed by atoms with Crippen LogP contribution in [0, 0.1) is 5.92 Å². The Hall–Kier alpha value is -0.530. The lowest BCUT2D eigenvalue weighted by molar-refractivity contribution is -0.184. The molecular formula is C12H20ClF3N2O2. The molecule has 1 heterocycles. The molecular weight excluding hydrogens is 297 g/mol. The van der Waals surface area contributed by atoms with Crippen LogP contribution in [0.2, 0.25) is 0 Å². The summed E-state index contributed by atoms with van der Waals surface area (Å²) in [6.45, 7) is 0.355. The third-order valence-electron chi connectivity index (χ3n) is 3.91. The maximum atomic E-state index is 12.6. The van der Waals surface area contributed by atoms with Gasteiger partial charge in [0.25, 0.3) is 0 Å². The summed E-state index contributed by atoms with van der Waals surface area (Å²) in [6, 6.07) is -0.895. The van der Waals surface area contributed by atoms with E-state index in [1.807, 2.05) is 0 Å². The quantitative estimate of drug-likeness (QED) is 0.721. The third-order valence-corrected chi connectivity index (χ3v) is 3.91. The zero-order valence-corrected chi connectivity index (χ0v) is 11.8. The van der Waals surface area contributed by atoms with E-state index in [1.165, 1.54) is 0 Å². The summed E-state index contributed by atoms with van der Waals surface area (Å²) in [7, 11) is 0. The molecule has 0 spiro atoms. The van der Waals surface area contributed by atoms with Crippen LogP contribution >= 0.6 is 12.4 Å². The second-order valence-electron chi connectivity index (χ2n) is 5.46. The van der Waals surface area contributed by atoms with Crippen molar-refractivity contribution < 1.29 is 23.1 Å². The van der Waals surface area contributed by atoms with Gasteiger partial charge in [0.1, 0.15) is 0 Å². The SMILES string of the molecule is Cl.O=C(NC1CCCC(C(F)(F)F)C1)C1CC(O)CN1. The largest absolute Gasteiger partial charge is 0.392 e. The molecule has 1 saturated heterocycles. The first-order valence-corrected chi connectivity index (χ1v) is 6.65. The van der Waals surface area contributed by atoms with Crippen LogP contribution in [0.5, 0.6) is 0 Å². The molecule has 20 heavy (non-hydrogen) atoms. The molecule has 3 N–H and O–H groups in total. The molecule has 1 aliphatic heterocycles. The fourth-order valence-electron chi connectivity index (χ4n) is 2.84. The van der Waals surface area contributed by atoms with E-state index >= 15 is 0 Å². The Morgan fingerprint density at radius 3 is 2.50 bits per heavy atom. The Labute approximate surface area is 121 Å². The van der Waals surface area contributed by atoms with Crippen LogP contribution in [-0.4, -0.2) is 41.9 Å². The minimum Gasteiger partial charge on any atom is -0.392 e. The average molecular weight is 317 g/mol. The standard InChI is InChI=1S/C12H19F3N2O2.ClH/c13-12(14,15)7-2-1-3-8(4-7)17-11(19)10-5-9(18)6-16-10;/h7-10,16,18H,1-6H2,(H,17,19);1H. The monoisotopic (exact) mass is 316 g/mol. The highest BCUT2D eigenvalue weighted by Crippen LogP contribution is 2.37. The van der Waals surface area contributed by atoms with Crippen LogP contribution in [0.3, 0.4) is 0 Å². The Bertz CT molecular complexity index is 341. The summed E-state index contributed by atoms with van der Waals surface area (Å²) >= 11 is 0. The number of aliphatic hydroxyl groups is 1. The molecule has 4 nitrogen and oxygen atoms in total. The first-order valence-electron chi connectivity index (χ1n) is 6.65. The Balaban J connectivity index is 0.00000200. The molecule has 0 radical (unpaired) electrons. The van der Waals surface area contributed by atoms with Gasteiger partial charge in [-0.2, -0.15) is 13.2 Å². The number of amides is 1. The Morgan fingerprint density at radius 2 is 1.95 bits per heavy atom. The minimum atomic E-state index is -4.18. The fourth-order valence-corrected chi connectivity index (χ4v) is 2.84. The molecule has 0 bridgehead atoms. The first kappa shape index (κ1) is 17.5. The molecule has 1 saturated carbocycles. The van der Waals surface area contributed by atoms with Gasteiger partial charge in [0.15, 0.2) is 0 Å². The summed E-state index contributed by atoms with van der Waals surface area (Å²) in [5, 5.41) is 14.8. The lowest BCUT2D eigenvalue weighted by Crippen LogP contribution is -2.47. The summed E-state index contributed by atoms with van der Waals surface area (Å²) in [4.78, 5) is 11.8. The molecule has 0 aromatic carbocycles. The van der Waals surface area contributed by atoms with Crippen molar-refractivity contribution in [3.8, 4) is 0 Å². The molecule has 2 fully saturated rings. The number of aliphatic hydroxyl groups excluding tert-OH is 1. The van der Waals surface area contributed by atoms with Crippen LogP contribution in [0.1, 0.15) is 32.1 Å². The van der Waals surface area contributed by atoms with Gasteiger partial charge in [0.05, 0.1) is 18.1 Å². The van der Waals surface area contributed by atoms with Crippen molar-refractivity contribution in [3.63, 3.8) is 0 Å². The molecule has 4 atom stereocenters. The van der Waals surface area contributed by atoms with Crippen LogP contribution in [-0.2, 0) is 4.79 Å². The van der Waals surface area contributed by atoms with E-state index in [2.05, 4.69) is 10.6 Å². The maximum absolute atomic E-state index is 12.6. The smallest absolute Gasteiger partial charge is 0.391 e. The summed E-state index contributed by atoms with van der Waals surface area (Å²) in [5.74, 6) is -1.61. The molecule has 2 rings (SSSR count). The van der Waals surface area contributed by atoms with Crippen molar-refractivity contribution in [3.05, 3.63) is 0 Å². The minimum absolute atomic E-state index is 0. The zero-order chi connectivity index (χ0) is 14.0. The van der Waals surface area contributed by atoms with Gasteiger partial charge in [-0.15, -0.1) is 12.4 Å². The summed E-state index contributed by atoms with van der Waals surface area (Å²) in [6.07, 6.45) is -3.22. The fraction of sp³-hybridized carbons (Fsp3) is 0.917. The van der Waals surface area contributed by atoms with Gasteiger partial charge < -0.3 is 15.7 Å². The van der Waals surface area contributed by atoms with Gasteiger partial charge in [-0.1, -0.05) is 6.42 Å². The maximum Gasteiger partial charge on any atom is 0.391 e. The second-order valence-corrected chi connectivity index (χ2v) is 5.46. The Kier molecular flexibility index (Phi) is 6.09. The molecule has 0 aromatic heterocycles. The van der Waals surface area contributed by atoms with Crippen LogP contribution in [0.25, 0.3) is 0 Å². The van der Waals surface area contributed by atoms with Gasteiger partial charge in [0, 0.05) is 12.6 Å². The number of alkyl halides is 3. The number of β-amino-alcohol motifs (C(OH)–C–C–N with tert-alkyl or cyclic N) is 1. The van der Waals surface area contributed by atoms with Crippen molar-refractivity contribution >= 4 is 18.3 Å². The lowest BCUT2D eigenvalue weighted by atomic mass is 9.85. The van der Waals surface area contributed by atoms with E-state index in [0.717, 1.165) is 0 Å². The first-order chi connectivity index (χ1) is 8.86. The topological polar surface area (TPSA) is 61.4 Å². The van der Waals surface area contributed by atoms with E-state index in [1.54, 1.807) is 0 Å². The van der Waals surface area contributed by atoms with Crippen molar-refractivity contribution in [2.24, 2.45) is 5.92 Å². The molecule has 8 heteroatoms. The molecule has 118 valence electrons. The molecule has 1 amide bonds. The van der Waals surface area contributed by atoms with Gasteiger partial charge in [0.2, 0.25) is 5.91 Å². The van der Waals surface area contributed by atoms with E-state index in [0.29, 0.717) is 25.8 Å². The number of carbonyl (C=O) groups is 1. The third kappa shape index (κ3) is 4.49. The van der Waals surface area contributed by atoms with Gasteiger partial charge in [-0.25, -0.2) is 0 Å². The number of nitrogens with one attached hydrogen (secondary N) is 2. The predicted octanol–water partition coefficient (Wildman–Crippen LogP) is 1.37. The number of hydrogen-bond donors (Lipinski definition) is 3. The summed E-state index contributed by atoms with van der Waals surface area (Å²) < 4.78 is 37.9. The second kappa shape index (κ2) is 6.95. The number of carbonyl (C=O) groups excluding carboxylic acids is 1. The van der Waals surface area contributed by atoms with Crippen molar-refractivity contribution in [2.45, 2.75) is 56.5 Å². The average Bonchev–Trinajstić information content (AvgIpc) is 2.75. The molecule has 4 unspecified atom stereocenters. The van der Waals surface area contributed by atoms with Crippen molar-refractivity contribution in [1.82, 2.24) is 10.6 Å². The van der Waals surface area contributed by atoms with E-state index in [9.17, 15) is 23.1 Å². The highest BCUT2D eigenvalue weighted by molar-refractivity contribution is 5.85. The zero-order valence-electron chi connectivity index (χ0n) is 10.9. The highest BCUT2D eigenvalue weighted by Gasteiger charge is 2.42. The van der Waals surface area contributed by atoms with E-state index in [4.69, 9.17) is 0 Å². The van der Waals surface area contributed by atoms with Gasteiger partial charge >= 0.3 is 6.18 Å². The van der Waals surface area contributed by atoms with Crippen LogP contribution < -0.4 is 10.6 Å². The van der Waals surface area contributed by atoms with Crippen LogP contribution in [0.15, 0.2) is 0 Å². The van der Waals surface area contributed by atoms with Crippen LogP contribution in [0.4, 0.5) is 13.2 Å². The molecule has 1 aliphatic carbocycles. The summed E-state index contributed by atoms with van der Waals surface area (Å²) in [5.41, 5.74) is 0. The van der Waals surface area contributed by atoms with Crippen molar-refractivity contribution in [1.29, 1.82) is 0 Å².